The van der Waals surface area contributed by atoms with Gasteiger partial charge in [-0.05, 0) is 11.1 Å². The van der Waals surface area contributed by atoms with E-state index >= 15 is 0 Å². The minimum absolute atomic E-state index is 0.191. The number of benzene rings is 2. The Morgan fingerprint density at radius 2 is 1.64 bits per heavy atom. The van der Waals surface area contributed by atoms with Crippen molar-refractivity contribution < 1.29 is 23.8 Å². The number of alkyl carbamates (subject to hydrolysis) is 2. The van der Waals surface area contributed by atoms with E-state index in [0.29, 0.717) is 19.6 Å². The van der Waals surface area contributed by atoms with E-state index in [1.807, 2.05) is 60.7 Å². The van der Waals surface area contributed by atoms with Crippen molar-refractivity contribution in [1.82, 2.24) is 10.6 Å². The predicted octanol–water partition coefficient (Wildman–Crippen LogP) is 3.00. The maximum atomic E-state index is 11.9. The van der Waals surface area contributed by atoms with Gasteiger partial charge in [-0.1, -0.05) is 60.7 Å². The van der Waals surface area contributed by atoms with Crippen LogP contribution < -0.4 is 10.6 Å². The number of ether oxygens (including phenoxy) is 3. The van der Waals surface area contributed by atoms with E-state index in [1.54, 1.807) is 0 Å². The molecule has 3 rings (SSSR count). The van der Waals surface area contributed by atoms with Crippen LogP contribution in [0.1, 0.15) is 17.5 Å². The van der Waals surface area contributed by atoms with E-state index < -0.39 is 12.2 Å². The molecule has 2 aromatic carbocycles. The molecule has 2 atom stereocenters. The third-order valence-corrected chi connectivity index (χ3v) is 4.35. The normalized spacial score (nSPS) is 18.2. The van der Waals surface area contributed by atoms with Gasteiger partial charge in [-0.15, -0.1) is 0 Å². The Labute approximate surface area is 164 Å². The zero-order chi connectivity index (χ0) is 19.6. The molecule has 1 aliphatic rings. The summed E-state index contributed by atoms with van der Waals surface area (Å²) in [6.07, 6.45) is -0.851. The van der Waals surface area contributed by atoms with Crippen LogP contribution in [0, 0.1) is 0 Å². The minimum Gasteiger partial charge on any atom is -0.445 e. The van der Waals surface area contributed by atoms with Crippen molar-refractivity contribution in [3.8, 4) is 0 Å². The topological polar surface area (TPSA) is 85.9 Å². The fourth-order valence-electron chi connectivity index (χ4n) is 2.87. The highest BCUT2D eigenvalue weighted by atomic mass is 16.6. The fourth-order valence-corrected chi connectivity index (χ4v) is 2.87. The number of amides is 2. The fraction of sp³-hybridized carbons (Fsp3) is 0.333. The molecule has 1 aliphatic heterocycles. The van der Waals surface area contributed by atoms with Gasteiger partial charge >= 0.3 is 12.2 Å². The third kappa shape index (κ3) is 6.28. The standard InChI is InChI=1S/C21H24N2O5/c24-20(27-15-17-9-5-2-6-10-17)22-13-18-19(28-21(25)23-18)11-12-26-14-16-7-3-1-4-8-16/h1-10,18-19H,11-15H2,(H,22,24)(H,23,25). The molecule has 1 saturated heterocycles. The highest BCUT2D eigenvalue weighted by molar-refractivity contribution is 5.71. The molecule has 1 heterocycles. The third-order valence-electron chi connectivity index (χ3n) is 4.35. The van der Waals surface area contributed by atoms with Gasteiger partial charge in [0.15, 0.2) is 0 Å². The molecule has 0 saturated carbocycles. The van der Waals surface area contributed by atoms with Crippen molar-refractivity contribution >= 4 is 12.2 Å². The Bertz CT molecular complexity index is 754. The number of cyclic esters (lactones) is 1. The molecule has 28 heavy (non-hydrogen) atoms. The maximum Gasteiger partial charge on any atom is 0.407 e. The summed E-state index contributed by atoms with van der Waals surface area (Å²) in [5, 5.41) is 5.37. The van der Waals surface area contributed by atoms with Crippen LogP contribution >= 0.6 is 0 Å². The van der Waals surface area contributed by atoms with Crippen LogP contribution in [-0.4, -0.2) is 37.5 Å². The van der Waals surface area contributed by atoms with Gasteiger partial charge in [0.2, 0.25) is 0 Å². The highest BCUT2D eigenvalue weighted by Crippen LogP contribution is 2.13. The van der Waals surface area contributed by atoms with Crippen LogP contribution in [0.5, 0.6) is 0 Å². The smallest absolute Gasteiger partial charge is 0.407 e. The summed E-state index contributed by atoms with van der Waals surface area (Å²) in [6.45, 7) is 1.37. The Morgan fingerprint density at radius 3 is 2.32 bits per heavy atom. The molecule has 0 radical (unpaired) electrons. The van der Waals surface area contributed by atoms with Gasteiger partial charge in [0.1, 0.15) is 12.7 Å². The van der Waals surface area contributed by atoms with Gasteiger partial charge in [0.05, 0.1) is 19.3 Å². The summed E-state index contributed by atoms with van der Waals surface area (Å²) >= 11 is 0. The molecule has 0 bridgehead atoms. The highest BCUT2D eigenvalue weighted by Gasteiger charge is 2.33. The number of hydrogen-bond acceptors (Lipinski definition) is 5. The lowest BCUT2D eigenvalue weighted by Gasteiger charge is -2.17. The number of carbonyl (C=O) groups excluding carboxylic acids is 2. The Balaban J connectivity index is 1.36. The van der Waals surface area contributed by atoms with E-state index in [0.717, 1.165) is 11.1 Å². The minimum atomic E-state index is -0.538. The van der Waals surface area contributed by atoms with Crippen LogP contribution in [0.2, 0.25) is 0 Å². The number of hydrogen-bond donors (Lipinski definition) is 2. The average molecular weight is 384 g/mol. The molecular weight excluding hydrogens is 360 g/mol. The molecule has 7 nitrogen and oxygen atoms in total. The second-order valence-electron chi connectivity index (χ2n) is 6.46. The predicted molar refractivity (Wildman–Crippen MR) is 103 cm³/mol. The summed E-state index contributed by atoms with van der Waals surface area (Å²) in [5.41, 5.74) is 1.99. The summed E-state index contributed by atoms with van der Waals surface area (Å²) in [6, 6.07) is 18.9. The van der Waals surface area contributed by atoms with Crippen molar-refractivity contribution in [1.29, 1.82) is 0 Å². The molecule has 2 aromatic rings. The van der Waals surface area contributed by atoms with Gasteiger partial charge in [0.25, 0.3) is 0 Å². The van der Waals surface area contributed by atoms with Gasteiger partial charge in [-0.25, -0.2) is 9.59 Å². The van der Waals surface area contributed by atoms with Crippen molar-refractivity contribution in [2.45, 2.75) is 31.8 Å². The Kier molecular flexibility index (Phi) is 7.26. The van der Waals surface area contributed by atoms with Gasteiger partial charge in [0, 0.05) is 13.0 Å². The van der Waals surface area contributed by atoms with Crippen LogP contribution in [0.15, 0.2) is 60.7 Å². The molecule has 7 heteroatoms. The quantitative estimate of drug-likeness (QED) is 0.649. The first-order valence-corrected chi connectivity index (χ1v) is 9.24. The number of nitrogens with one attached hydrogen (secondary N) is 2. The van der Waals surface area contributed by atoms with Crippen molar-refractivity contribution in [2.75, 3.05) is 13.2 Å². The van der Waals surface area contributed by atoms with Gasteiger partial charge in [-0.2, -0.15) is 0 Å². The Morgan fingerprint density at radius 1 is 1.00 bits per heavy atom. The summed E-state index contributed by atoms with van der Waals surface area (Å²) in [4.78, 5) is 23.4. The number of carbonyl (C=O) groups is 2. The molecule has 2 N–H and O–H groups in total. The number of rotatable bonds is 9. The van der Waals surface area contributed by atoms with E-state index in [9.17, 15) is 9.59 Å². The second kappa shape index (κ2) is 10.3. The second-order valence-corrected chi connectivity index (χ2v) is 6.46. The van der Waals surface area contributed by atoms with E-state index in [1.165, 1.54) is 0 Å². The summed E-state index contributed by atoms with van der Waals surface area (Å²) < 4.78 is 16.1. The lowest BCUT2D eigenvalue weighted by Crippen LogP contribution is -2.43. The average Bonchev–Trinajstić information content (AvgIpc) is 3.09. The molecule has 0 spiro atoms. The summed E-state index contributed by atoms with van der Waals surface area (Å²) in [5.74, 6) is 0. The Hall–Kier alpha value is -3.06. The molecule has 0 aromatic heterocycles. The zero-order valence-electron chi connectivity index (χ0n) is 15.5. The SMILES string of the molecule is O=C(NCC1NC(=O)OC1CCOCc1ccccc1)OCc1ccccc1. The van der Waals surface area contributed by atoms with Crippen LogP contribution in [0.3, 0.4) is 0 Å². The largest absolute Gasteiger partial charge is 0.445 e. The van der Waals surface area contributed by atoms with Crippen molar-refractivity contribution in [2.24, 2.45) is 0 Å². The molecule has 0 aliphatic carbocycles. The van der Waals surface area contributed by atoms with E-state index in [-0.39, 0.29) is 25.3 Å². The van der Waals surface area contributed by atoms with Crippen LogP contribution in [0.25, 0.3) is 0 Å². The van der Waals surface area contributed by atoms with E-state index in [2.05, 4.69) is 10.6 Å². The lowest BCUT2D eigenvalue weighted by atomic mass is 10.1. The maximum absolute atomic E-state index is 11.9. The van der Waals surface area contributed by atoms with Crippen LogP contribution in [0.4, 0.5) is 9.59 Å². The molecular formula is C21H24N2O5. The van der Waals surface area contributed by atoms with Gasteiger partial charge in [-0.3, -0.25) is 0 Å². The van der Waals surface area contributed by atoms with E-state index in [4.69, 9.17) is 14.2 Å². The first-order valence-electron chi connectivity index (χ1n) is 9.24. The molecule has 148 valence electrons. The molecule has 1 fully saturated rings. The lowest BCUT2D eigenvalue weighted by molar-refractivity contribution is 0.0687. The zero-order valence-corrected chi connectivity index (χ0v) is 15.5. The monoisotopic (exact) mass is 384 g/mol. The van der Waals surface area contributed by atoms with Crippen molar-refractivity contribution in [3.63, 3.8) is 0 Å². The first-order chi connectivity index (χ1) is 13.7. The summed E-state index contributed by atoms with van der Waals surface area (Å²) in [7, 11) is 0. The molecule has 2 unspecified atom stereocenters. The first kappa shape index (κ1) is 19.7. The van der Waals surface area contributed by atoms with Gasteiger partial charge < -0.3 is 24.8 Å². The van der Waals surface area contributed by atoms with Crippen molar-refractivity contribution in [3.05, 3.63) is 71.8 Å². The van der Waals surface area contributed by atoms with Crippen LogP contribution in [-0.2, 0) is 27.4 Å². The molecule has 2 amide bonds.